The number of nitrogens with zero attached hydrogens (tertiary/aromatic N) is 3. The zero-order valence-electron chi connectivity index (χ0n) is 13.9. The van der Waals surface area contributed by atoms with Gasteiger partial charge < -0.3 is 4.74 Å². The first-order valence-corrected chi connectivity index (χ1v) is 9.05. The van der Waals surface area contributed by atoms with Crippen molar-refractivity contribution < 1.29 is 13.2 Å². The summed E-state index contributed by atoms with van der Waals surface area (Å²) in [6, 6.07) is 11.8. The van der Waals surface area contributed by atoms with Crippen LogP contribution in [0.2, 0.25) is 0 Å². The van der Waals surface area contributed by atoms with Gasteiger partial charge in [-0.05, 0) is 42.5 Å². The van der Waals surface area contributed by atoms with Crippen LogP contribution >= 0.6 is 0 Å². The normalized spacial score (nSPS) is 11.4. The molecule has 1 N–H and O–H groups in total. The van der Waals surface area contributed by atoms with Crippen molar-refractivity contribution in [3.05, 3.63) is 60.6 Å². The Morgan fingerprint density at radius 1 is 1.12 bits per heavy atom. The number of benzene rings is 1. The van der Waals surface area contributed by atoms with Gasteiger partial charge in [-0.1, -0.05) is 0 Å². The lowest BCUT2D eigenvalue weighted by atomic mass is 10.2. The van der Waals surface area contributed by atoms with E-state index in [1.807, 2.05) is 25.2 Å². The Balaban J connectivity index is 1.75. The van der Waals surface area contributed by atoms with Crippen molar-refractivity contribution in [1.29, 1.82) is 0 Å². The molecule has 1 aromatic carbocycles. The topological polar surface area (TPSA) is 86.1 Å². The fraction of sp³-hybridized carbons (Fsp3) is 0.176. The van der Waals surface area contributed by atoms with Gasteiger partial charge in [0.2, 0.25) is 10.0 Å². The first-order valence-electron chi connectivity index (χ1n) is 7.56. The summed E-state index contributed by atoms with van der Waals surface area (Å²) < 4.78 is 34.1. The van der Waals surface area contributed by atoms with Crippen LogP contribution in [-0.2, 0) is 23.6 Å². The van der Waals surface area contributed by atoms with Crippen LogP contribution in [0.3, 0.4) is 0 Å². The van der Waals surface area contributed by atoms with Crippen molar-refractivity contribution in [2.45, 2.75) is 11.4 Å². The molecule has 3 rings (SSSR count). The number of rotatable bonds is 6. The predicted octanol–water partition coefficient (Wildman–Crippen LogP) is 1.97. The summed E-state index contributed by atoms with van der Waals surface area (Å²) in [4.78, 5) is 4.17. The summed E-state index contributed by atoms with van der Waals surface area (Å²) in [5.74, 6) is 0.602. The van der Waals surface area contributed by atoms with E-state index in [2.05, 4.69) is 14.8 Å². The lowest BCUT2D eigenvalue weighted by Crippen LogP contribution is -2.23. The largest absolute Gasteiger partial charge is 0.497 e. The zero-order valence-corrected chi connectivity index (χ0v) is 14.7. The fourth-order valence-corrected chi connectivity index (χ4v) is 3.41. The second-order valence-corrected chi connectivity index (χ2v) is 7.15. The average molecular weight is 358 g/mol. The summed E-state index contributed by atoms with van der Waals surface area (Å²) in [6.45, 7) is 0.104. The molecule has 0 atom stereocenters. The third-order valence-electron chi connectivity index (χ3n) is 3.72. The molecule has 0 bridgehead atoms. The van der Waals surface area contributed by atoms with Gasteiger partial charge >= 0.3 is 0 Å². The highest BCUT2D eigenvalue weighted by Crippen LogP contribution is 2.19. The standard InChI is InChI=1S/C17H18N4O3S/c1-21-17(13-7-9-18-10-8-13)11-14(20-21)12-19-25(22,23)16-5-3-15(24-2)4-6-16/h3-11,19H,12H2,1-2H3. The van der Waals surface area contributed by atoms with E-state index in [9.17, 15) is 8.42 Å². The zero-order chi connectivity index (χ0) is 17.9. The number of hydrogen-bond donors (Lipinski definition) is 1. The second kappa shape index (κ2) is 7.04. The monoisotopic (exact) mass is 358 g/mol. The van der Waals surface area contributed by atoms with Crippen LogP contribution in [0, 0.1) is 0 Å². The maximum Gasteiger partial charge on any atom is 0.240 e. The highest BCUT2D eigenvalue weighted by Gasteiger charge is 2.15. The van der Waals surface area contributed by atoms with Crippen molar-refractivity contribution in [2.24, 2.45) is 7.05 Å². The van der Waals surface area contributed by atoms with Crippen molar-refractivity contribution in [1.82, 2.24) is 19.5 Å². The maximum atomic E-state index is 12.4. The third-order valence-corrected chi connectivity index (χ3v) is 5.14. The van der Waals surface area contributed by atoms with Crippen LogP contribution in [-0.4, -0.2) is 30.3 Å². The number of aryl methyl sites for hydroxylation is 1. The lowest BCUT2D eigenvalue weighted by Gasteiger charge is -2.06. The number of nitrogens with one attached hydrogen (secondary N) is 1. The van der Waals surface area contributed by atoms with Crippen molar-refractivity contribution in [3.63, 3.8) is 0 Å². The van der Waals surface area contributed by atoms with Gasteiger partial charge in [0.1, 0.15) is 5.75 Å². The quantitative estimate of drug-likeness (QED) is 0.728. The van der Waals surface area contributed by atoms with E-state index in [-0.39, 0.29) is 11.4 Å². The predicted molar refractivity (Wildman–Crippen MR) is 93.5 cm³/mol. The Morgan fingerprint density at radius 2 is 1.80 bits per heavy atom. The van der Waals surface area contributed by atoms with Crippen LogP contribution in [0.15, 0.2) is 59.8 Å². The molecule has 25 heavy (non-hydrogen) atoms. The van der Waals surface area contributed by atoms with Gasteiger partial charge in [-0.25, -0.2) is 13.1 Å². The van der Waals surface area contributed by atoms with Gasteiger partial charge in [-0.15, -0.1) is 0 Å². The lowest BCUT2D eigenvalue weighted by molar-refractivity contribution is 0.414. The molecule has 0 amide bonds. The van der Waals surface area contributed by atoms with Crippen LogP contribution in [0.4, 0.5) is 0 Å². The summed E-state index contributed by atoms with van der Waals surface area (Å²) in [6.07, 6.45) is 3.41. The Morgan fingerprint density at radius 3 is 2.44 bits per heavy atom. The second-order valence-electron chi connectivity index (χ2n) is 5.38. The van der Waals surface area contributed by atoms with Crippen molar-refractivity contribution >= 4 is 10.0 Å². The summed E-state index contributed by atoms with van der Waals surface area (Å²) in [7, 11) is -0.269. The first kappa shape index (κ1) is 17.1. The minimum absolute atomic E-state index is 0.104. The average Bonchev–Trinajstić information content (AvgIpc) is 3.02. The molecule has 3 aromatic rings. The molecule has 0 saturated carbocycles. The minimum atomic E-state index is -3.62. The molecule has 7 nitrogen and oxygen atoms in total. The van der Waals surface area contributed by atoms with Crippen molar-refractivity contribution in [2.75, 3.05) is 7.11 Å². The molecule has 0 fully saturated rings. The van der Waals surface area contributed by atoms with Gasteiger partial charge in [0.25, 0.3) is 0 Å². The fourth-order valence-electron chi connectivity index (χ4n) is 2.41. The van der Waals surface area contributed by atoms with E-state index in [0.29, 0.717) is 11.4 Å². The molecule has 2 aromatic heterocycles. The van der Waals surface area contributed by atoms with Crippen molar-refractivity contribution in [3.8, 4) is 17.0 Å². The molecule has 0 aliphatic heterocycles. The molecule has 0 saturated heterocycles. The number of methoxy groups -OCH3 is 1. The first-order chi connectivity index (χ1) is 12.0. The SMILES string of the molecule is COc1ccc(S(=O)(=O)NCc2cc(-c3ccncc3)n(C)n2)cc1. The molecule has 2 heterocycles. The molecular weight excluding hydrogens is 340 g/mol. The number of ether oxygens (including phenoxy) is 1. The summed E-state index contributed by atoms with van der Waals surface area (Å²) in [5, 5.41) is 4.36. The Labute approximate surface area is 146 Å². The van der Waals surface area contributed by atoms with E-state index in [1.54, 1.807) is 29.2 Å². The number of hydrogen-bond acceptors (Lipinski definition) is 5. The third kappa shape index (κ3) is 3.86. The molecule has 130 valence electrons. The van der Waals surface area contributed by atoms with E-state index in [1.165, 1.54) is 19.2 Å². The van der Waals surface area contributed by atoms with Crippen LogP contribution in [0.25, 0.3) is 11.3 Å². The van der Waals surface area contributed by atoms with Gasteiger partial charge in [0.15, 0.2) is 0 Å². The summed E-state index contributed by atoms with van der Waals surface area (Å²) >= 11 is 0. The van der Waals surface area contributed by atoms with Crippen LogP contribution in [0.5, 0.6) is 5.75 Å². The number of sulfonamides is 1. The van der Waals surface area contributed by atoms with E-state index in [4.69, 9.17) is 4.74 Å². The molecule has 0 unspecified atom stereocenters. The van der Waals surface area contributed by atoms with Crippen LogP contribution in [0.1, 0.15) is 5.69 Å². The van der Waals surface area contributed by atoms with E-state index < -0.39 is 10.0 Å². The van der Waals surface area contributed by atoms with Gasteiger partial charge in [-0.2, -0.15) is 5.10 Å². The van der Waals surface area contributed by atoms with E-state index >= 15 is 0 Å². The minimum Gasteiger partial charge on any atom is -0.497 e. The van der Waals surface area contributed by atoms with Gasteiger partial charge in [0.05, 0.1) is 29.9 Å². The Bertz CT molecular complexity index is 951. The highest BCUT2D eigenvalue weighted by molar-refractivity contribution is 7.89. The Hall–Kier alpha value is -2.71. The summed E-state index contributed by atoms with van der Waals surface area (Å²) in [5.41, 5.74) is 2.49. The molecule has 0 radical (unpaired) electrons. The molecule has 0 aliphatic rings. The smallest absolute Gasteiger partial charge is 0.240 e. The molecule has 0 aliphatic carbocycles. The Kier molecular flexibility index (Phi) is 4.82. The van der Waals surface area contributed by atoms with Gasteiger partial charge in [-0.3, -0.25) is 9.67 Å². The maximum absolute atomic E-state index is 12.4. The van der Waals surface area contributed by atoms with Gasteiger partial charge in [0, 0.05) is 25.0 Å². The van der Waals surface area contributed by atoms with Crippen LogP contribution < -0.4 is 9.46 Å². The molecular formula is C17H18N4O3S. The molecule has 0 spiro atoms. The highest BCUT2D eigenvalue weighted by atomic mass is 32.2. The number of aromatic nitrogens is 3. The molecule has 8 heteroatoms. The number of pyridine rings is 1. The van der Waals surface area contributed by atoms with E-state index in [0.717, 1.165) is 11.3 Å².